The number of hydrogen-bond acceptors (Lipinski definition) is 4. The van der Waals surface area contributed by atoms with Crippen LogP contribution in [0.4, 0.5) is 14.6 Å². The van der Waals surface area contributed by atoms with E-state index in [2.05, 4.69) is 15.3 Å². The molecule has 0 saturated heterocycles. The Bertz CT molecular complexity index is 270. The van der Waals surface area contributed by atoms with Gasteiger partial charge in [0.1, 0.15) is 17.8 Å². The lowest BCUT2D eigenvalue weighted by Crippen LogP contribution is -2.07. The van der Waals surface area contributed by atoms with E-state index < -0.39 is 6.43 Å². The largest absolute Gasteiger partial charge is 0.395 e. The number of halogens is 2. The van der Waals surface area contributed by atoms with Crippen LogP contribution in [0, 0.1) is 0 Å². The standard InChI is InChI=1S/C7H9F2N3O/c8-7(9)5-3-6(10-1-2-13)12-4-11-5/h3-4,7,13H,1-2H2,(H,10,11,12). The van der Waals surface area contributed by atoms with Crippen LogP contribution in [0.15, 0.2) is 12.4 Å². The highest BCUT2D eigenvalue weighted by atomic mass is 19.3. The zero-order valence-electron chi connectivity index (χ0n) is 6.74. The molecule has 0 aromatic carbocycles. The summed E-state index contributed by atoms with van der Waals surface area (Å²) in [6, 6.07) is 1.15. The molecule has 4 nitrogen and oxygen atoms in total. The average molecular weight is 189 g/mol. The topological polar surface area (TPSA) is 58.0 Å². The first-order valence-electron chi connectivity index (χ1n) is 3.69. The molecule has 0 aliphatic heterocycles. The minimum atomic E-state index is -2.60. The first-order chi connectivity index (χ1) is 6.24. The summed E-state index contributed by atoms with van der Waals surface area (Å²) in [5.74, 6) is 0.291. The van der Waals surface area contributed by atoms with Crippen LogP contribution < -0.4 is 5.32 Å². The van der Waals surface area contributed by atoms with Crippen molar-refractivity contribution in [1.29, 1.82) is 0 Å². The van der Waals surface area contributed by atoms with Crippen molar-refractivity contribution < 1.29 is 13.9 Å². The molecule has 1 heterocycles. The number of alkyl halides is 2. The van der Waals surface area contributed by atoms with E-state index in [0.29, 0.717) is 5.82 Å². The van der Waals surface area contributed by atoms with Crippen LogP contribution in [0.5, 0.6) is 0 Å². The van der Waals surface area contributed by atoms with Crippen molar-refractivity contribution in [2.75, 3.05) is 18.5 Å². The molecule has 13 heavy (non-hydrogen) atoms. The number of aliphatic hydroxyl groups is 1. The Kier molecular flexibility index (Phi) is 3.51. The van der Waals surface area contributed by atoms with E-state index in [1.165, 1.54) is 0 Å². The van der Waals surface area contributed by atoms with Gasteiger partial charge in [0.15, 0.2) is 0 Å². The first-order valence-corrected chi connectivity index (χ1v) is 3.69. The fourth-order valence-electron chi connectivity index (χ4n) is 0.772. The lowest BCUT2D eigenvalue weighted by Gasteiger charge is -2.03. The van der Waals surface area contributed by atoms with Gasteiger partial charge in [0, 0.05) is 12.6 Å². The van der Waals surface area contributed by atoms with E-state index in [0.717, 1.165) is 12.4 Å². The lowest BCUT2D eigenvalue weighted by molar-refractivity contribution is 0.146. The van der Waals surface area contributed by atoms with Crippen molar-refractivity contribution >= 4 is 5.82 Å². The molecule has 0 spiro atoms. The molecule has 0 fully saturated rings. The summed E-state index contributed by atoms with van der Waals surface area (Å²) in [5.41, 5.74) is -0.324. The van der Waals surface area contributed by atoms with Gasteiger partial charge in [-0.05, 0) is 0 Å². The molecule has 0 unspecified atom stereocenters. The second-order valence-electron chi connectivity index (χ2n) is 2.28. The van der Waals surface area contributed by atoms with Crippen LogP contribution in [0.25, 0.3) is 0 Å². The van der Waals surface area contributed by atoms with Gasteiger partial charge in [0.2, 0.25) is 0 Å². The Morgan fingerprint density at radius 2 is 2.23 bits per heavy atom. The third kappa shape index (κ3) is 2.90. The maximum atomic E-state index is 12.1. The zero-order valence-corrected chi connectivity index (χ0v) is 6.74. The highest BCUT2D eigenvalue weighted by Gasteiger charge is 2.08. The van der Waals surface area contributed by atoms with Gasteiger partial charge in [0.25, 0.3) is 6.43 Å². The molecule has 1 rings (SSSR count). The lowest BCUT2D eigenvalue weighted by atomic mass is 10.4. The van der Waals surface area contributed by atoms with Crippen molar-refractivity contribution in [3.8, 4) is 0 Å². The van der Waals surface area contributed by atoms with Gasteiger partial charge in [-0.2, -0.15) is 0 Å². The van der Waals surface area contributed by atoms with E-state index >= 15 is 0 Å². The summed E-state index contributed by atoms with van der Waals surface area (Å²) in [5, 5.41) is 11.1. The first kappa shape index (κ1) is 9.79. The predicted molar refractivity (Wildman–Crippen MR) is 42.6 cm³/mol. The van der Waals surface area contributed by atoms with Crippen LogP contribution in [-0.4, -0.2) is 28.2 Å². The van der Waals surface area contributed by atoms with Crippen LogP contribution >= 0.6 is 0 Å². The van der Waals surface area contributed by atoms with Crippen molar-refractivity contribution in [2.45, 2.75) is 6.43 Å². The Morgan fingerprint density at radius 1 is 1.46 bits per heavy atom. The molecule has 0 aliphatic rings. The molecule has 6 heteroatoms. The van der Waals surface area contributed by atoms with Gasteiger partial charge >= 0.3 is 0 Å². The van der Waals surface area contributed by atoms with E-state index in [1.807, 2.05) is 0 Å². The van der Waals surface area contributed by atoms with Crippen molar-refractivity contribution in [3.63, 3.8) is 0 Å². The van der Waals surface area contributed by atoms with E-state index in [1.54, 1.807) is 0 Å². The zero-order chi connectivity index (χ0) is 9.68. The summed E-state index contributed by atoms with van der Waals surface area (Å²) in [4.78, 5) is 7.08. The van der Waals surface area contributed by atoms with Crippen molar-refractivity contribution in [2.24, 2.45) is 0 Å². The van der Waals surface area contributed by atoms with Crippen molar-refractivity contribution in [1.82, 2.24) is 9.97 Å². The van der Waals surface area contributed by atoms with Gasteiger partial charge in [-0.3, -0.25) is 0 Å². The van der Waals surface area contributed by atoms with Crippen LogP contribution in [0.1, 0.15) is 12.1 Å². The van der Waals surface area contributed by atoms with Gasteiger partial charge < -0.3 is 10.4 Å². The van der Waals surface area contributed by atoms with Gasteiger partial charge in [-0.15, -0.1) is 0 Å². The molecule has 0 saturated carbocycles. The second-order valence-corrected chi connectivity index (χ2v) is 2.28. The summed E-state index contributed by atoms with van der Waals surface area (Å²) < 4.78 is 24.2. The molecule has 2 N–H and O–H groups in total. The molecule has 72 valence electrons. The Hall–Kier alpha value is -1.30. The van der Waals surface area contributed by atoms with E-state index in [-0.39, 0.29) is 18.8 Å². The van der Waals surface area contributed by atoms with Gasteiger partial charge in [0.05, 0.1) is 6.61 Å². The fraction of sp³-hybridized carbons (Fsp3) is 0.429. The average Bonchev–Trinajstić information content (AvgIpc) is 2.15. The predicted octanol–water partition coefficient (Wildman–Crippen LogP) is 0.818. The third-order valence-corrected chi connectivity index (χ3v) is 1.33. The summed E-state index contributed by atoms with van der Waals surface area (Å²) in [6.07, 6.45) is -1.54. The SMILES string of the molecule is OCCNc1cc(C(F)F)ncn1. The third-order valence-electron chi connectivity index (χ3n) is 1.33. The number of nitrogens with zero attached hydrogens (tertiary/aromatic N) is 2. The smallest absolute Gasteiger partial charge is 0.280 e. The number of aromatic nitrogens is 2. The molecule has 1 aromatic rings. The molecule has 0 aliphatic carbocycles. The van der Waals surface area contributed by atoms with E-state index in [4.69, 9.17) is 5.11 Å². The fourth-order valence-corrected chi connectivity index (χ4v) is 0.772. The minimum absolute atomic E-state index is 0.0754. The minimum Gasteiger partial charge on any atom is -0.395 e. The van der Waals surface area contributed by atoms with Crippen LogP contribution in [-0.2, 0) is 0 Å². The molecular formula is C7H9F2N3O. The highest BCUT2D eigenvalue weighted by Crippen LogP contribution is 2.17. The van der Waals surface area contributed by atoms with Crippen LogP contribution in [0.3, 0.4) is 0 Å². The summed E-state index contributed by atoms with van der Waals surface area (Å²) in [6.45, 7) is 0.202. The molecular weight excluding hydrogens is 180 g/mol. The van der Waals surface area contributed by atoms with Crippen LogP contribution in [0.2, 0.25) is 0 Å². The van der Waals surface area contributed by atoms with E-state index in [9.17, 15) is 8.78 Å². The number of aliphatic hydroxyl groups excluding tert-OH is 1. The number of hydrogen-bond donors (Lipinski definition) is 2. The maximum Gasteiger partial charge on any atom is 0.280 e. The number of anilines is 1. The van der Waals surface area contributed by atoms with Crippen molar-refractivity contribution in [3.05, 3.63) is 18.1 Å². The molecule has 0 radical (unpaired) electrons. The van der Waals surface area contributed by atoms with Gasteiger partial charge in [-0.25, -0.2) is 18.7 Å². The number of nitrogens with one attached hydrogen (secondary N) is 1. The Morgan fingerprint density at radius 3 is 2.85 bits per heavy atom. The molecule has 0 atom stereocenters. The normalized spacial score (nSPS) is 10.5. The Labute approximate surface area is 73.6 Å². The maximum absolute atomic E-state index is 12.1. The summed E-state index contributed by atoms with van der Waals surface area (Å²) in [7, 11) is 0. The molecule has 1 aromatic heterocycles. The number of rotatable bonds is 4. The Balaban J connectivity index is 2.68. The van der Waals surface area contributed by atoms with Gasteiger partial charge in [-0.1, -0.05) is 0 Å². The highest BCUT2D eigenvalue weighted by molar-refractivity contribution is 5.34. The monoisotopic (exact) mass is 189 g/mol. The second kappa shape index (κ2) is 4.66. The molecule has 0 bridgehead atoms. The summed E-state index contributed by atoms with van der Waals surface area (Å²) >= 11 is 0. The molecule has 0 amide bonds. The quantitative estimate of drug-likeness (QED) is 0.736.